The Morgan fingerprint density at radius 1 is 1.25 bits per heavy atom. The summed E-state index contributed by atoms with van der Waals surface area (Å²) in [5.41, 5.74) is 1.17. The van der Waals surface area contributed by atoms with Crippen LogP contribution in [0.5, 0.6) is 0 Å². The zero-order valence-corrected chi connectivity index (χ0v) is 15.8. The summed E-state index contributed by atoms with van der Waals surface area (Å²) in [6.45, 7) is 3.65. The molecule has 0 radical (unpaired) electrons. The maximum Gasteiger partial charge on any atom is 0.241 e. The van der Waals surface area contributed by atoms with Gasteiger partial charge >= 0.3 is 0 Å². The van der Waals surface area contributed by atoms with E-state index in [2.05, 4.69) is 21.6 Å². The third-order valence-corrected chi connectivity index (χ3v) is 4.72. The number of halogens is 3. The van der Waals surface area contributed by atoms with Crippen LogP contribution in [0.4, 0.5) is 0 Å². The molecule has 1 aromatic carbocycles. The number of nitrogens with zero attached hydrogens (tertiary/aromatic N) is 1. The molecule has 1 aromatic rings. The number of hydrogen-bond donors (Lipinski definition) is 2. The van der Waals surface area contributed by atoms with Gasteiger partial charge in [-0.2, -0.15) is 0 Å². The second-order valence-electron chi connectivity index (χ2n) is 5.96. The molecule has 4 nitrogen and oxygen atoms in total. The summed E-state index contributed by atoms with van der Waals surface area (Å²) < 4.78 is 0. The molecule has 24 heavy (non-hydrogen) atoms. The van der Waals surface area contributed by atoms with Gasteiger partial charge < -0.3 is 5.32 Å². The Labute approximate surface area is 160 Å². The highest BCUT2D eigenvalue weighted by molar-refractivity contribution is 6.31. The third kappa shape index (κ3) is 5.64. The summed E-state index contributed by atoms with van der Waals surface area (Å²) in [6, 6.07) is 8.13. The molecule has 0 aliphatic carbocycles. The third-order valence-electron chi connectivity index (χ3n) is 4.35. The molecule has 1 unspecified atom stereocenters. The van der Waals surface area contributed by atoms with E-state index < -0.39 is 0 Å². The Bertz CT molecular complexity index is 560. The molecule has 1 saturated heterocycles. The SMILES string of the molecule is Cl.Cl.O=C(NC1CCN(Cc2ccccc2Cl)CC1)C1C=CCN1. The van der Waals surface area contributed by atoms with Gasteiger partial charge in [0.25, 0.3) is 0 Å². The minimum absolute atomic E-state index is 0. The van der Waals surface area contributed by atoms with Crippen LogP contribution in [0, 0.1) is 0 Å². The molecule has 1 fully saturated rings. The summed E-state index contributed by atoms with van der Waals surface area (Å²) in [4.78, 5) is 14.5. The van der Waals surface area contributed by atoms with E-state index in [0.717, 1.165) is 44.0 Å². The predicted octanol–water partition coefficient (Wildman–Crippen LogP) is 2.79. The molecular formula is C17H24Cl3N3O. The van der Waals surface area contributed by atoms with Gasteiger partial charge in [-0.25, -0.2) is 0 Å². The van der Waals surface area contributed by atoms with Crippen molar-refractivity contribution in [2.45, 2.75) is 31.5 Å². The Morgan fingerprint density at radius 3 is 2.58 bits per heavy atom. The fourth-order valence-corrected chi connectivity index (χ4v) is 3.24. The fourth-order valence-electron chi connectivity index (χ4n) is 3.04. The molecule has 2 aliphatic rings. The van der Waals surface area contributed by atoms with Gasteiger partial charge in [0.2, 0.25) is 5.91 Å². The standard InChI is InChI=1S/C17H22ClN3O.2ClH/c18-15-5-2-1-4-13(15)12-21-10-7-14(8-11-21)20-17(22)16-6-3-9-19-16;;/h1-6,14,16,19H,7-12H2,(H,20,22);2*1H. The molecule has 2 N–H and O–H groups in total. The summed E-state index contributed by atoms with van der Waals surface area (Å²) >= 11 is 6.22. The van der Waals surface area contributed by atoms with E-state index in [4.69, 9.17) is 11.6 Å². The molecule has 7 heteroatoms. The first-order valence-electron chi connectivity index (χ1n) is 7.88. The van der Waals surface area contributed by atoms with Crippen molar-refractivity contribution in [3.8, 4) is 0 Å². The number of likely N-dealkylation sites (tertiary alicyclic amines) is 1. The van der Waals surface area contributed by atoms with Crippen LogP contribution in [0.2, 0.25) is 5.02 Å². The Kier molecular flexibility index (Phi) is 9.09. The topological polar surface area (TPSA) is 44.4 Å². The first kappa shape index (κ1) is 21.3. The van der Waals surface area contributed by atoms with Crippen molar-refractivity contribution in [3.63, 3.8) is 0 Å². The van der Waals surface area contributed by atoms with Crippen LogP contribution < -0.4 is 10.6 Å². The lowest BCUT2D eigenvalue weighted by Gasteiger charge is -2.33. The highest BCUT2D eigenvalue weighted by atomic mass is 35.5. The van der Waals surface area contributed by atoms with E-state index in [9.17, 15) is 4.79 Å². The maximum atomic E-state index is 12.1. The Hall–Kier alpha value is -0.780. The van der Waals surface area contributed by atoms with Crippen molar-refractivity contribution in [3.05, 3.63) is 47.0 Å². The molecule has 3 rings (SSSR count). The zero-order chi connectivity index (χ0) is 15.4. The van der Waals surface area contributed by atoms with E-state index in [-0.39, 0.29) is 42.8 Å². The molecular weight excluding hydrogens is 369 g/mol. The summed E-state index contributed by atoms with van der Waals surface area (Å²) in [5, 5.41) is 7.13. The van der Waals surface area contributed by atoms with Crippen LogP contribution in [0.15, 0.2) is 36.4 Å². The number of piperidine rings is 1. The van der Waals surface area contributed by atoms with E-state index in [1.807, 2.05) is 30.4 Å². The van der Waals surface area contributed by atoms with Gasteiger partial charge in [0.15, 0.2) is 0 Å². The molecule has 2 heterocycles. The van der Waals surface area contributed by atoms with E-state index in [1.54, 1.807) is 0 Å². The average molecular weight is 393 g/mol. The van der Waals surface area contributed by atoms with E-state index in [0.29, 0.717) is 0 Å². The van der Waals surface area contributed by atoms with Gasteiger partial charge in [-0.05, 0) is 24.5 Å². The van der Waals surface area contributed by atoms with Crippen molar-refractivity contribution in [2.24, 2.45) is 0 Å². The van der Waals surface area contributed by atoms with Crippen LogP contribution in [-0.2, 0) is 11.3 Å². The normalized spacial score (nSPS) is 21.0. The number of benzene rings is 1. The second-order valence-corrected chi connectivity index (χ2v) is 6.37. The molecule has 2 aliphatic heterocycles. The summed E-state index contributed by atoms with van der Waals surface area (Å²) in [7, 11) is 0. The van der Waals surface area contributed by atoms with Crippen molar-refractivity contribution < 1.29 is 4.79 Å². The molecule has 0 aromatic heterocycles. The molecule has 0 spiro atoms. The lowest BCUT2D eigenvalue weighted by molar-refractivity contribution is -0.122. The van der Waals surface area contributed by atoms with Crippen molar-refractivity contribution in [1.29, 1.82) is 0 Å². The Morgan fingerprint density at radius 2 is 1.96 bits per heavy atom. The highest BCUT2D eigenvalue weighted by Gasteiger charge is 2.24. The van der Waals surface area contributed by atoms with Gasteiger partial charge in [0.1, 0.15) is 6.04 Å². The number of rotatable bonds is 4. The first-order chi connectivity index (χ1) is 10.7. The van der Waals surface area contributed by atoms with E-state index >= 15 is 0 Å². The molecule has 0 bridgehead atoms. The summed E-state index contributed by atoms with van der Waals surface area (Å²) in [5.74, 6) is 0.0957. The fraction of sp³-hybridized carbons (Fsp3) is 0.471. The van der Waals surface area contributed by atoms with Gasteiger partial charge in [-0.15, -0.1) is 24.8 Å². The van der Waals surface area contributed by atoms with Gasteiger partial charge in [-0.1, -0.05) is 42.0 Å². The smallest absolute Gasteiger partial charge is 0.241 e. The molecule has 0 saturated carbocycles. The molecule has 134 valence electrons. The van der Waals surface area contributed by atoms with Crippen LogP contribution in [-0.4, -0.2) is 42.5 Å². The number of hydrogen-bond acceptors (Lipinski definition) is 3. The maximum absolute atomic E-state index is 12.1. The zero-order valence-electron chi connectivity index (χ0n) is 13.4. The Balaban J connectivity index is 0.00000144. The van der Waals surface area contributed by atoms with Gasteiger partial charge in [0.05, 0.1) is 0 Å². The molecule has 1 amide bonds. The monoisotopic (exact) mass is 391 g/mol. The second kappa shape index (κ2) is 10.3. The lowest BCUT2D eigenvalue weighted by atomic mass is 10.0. The number of nitrogens with one attached hydrogen (secondary N) is 2. The summed E-state index contributed by atoms with van der Waals surface area (Å²) in [6.07, 6.45) is 5.91. The highest BCUT2D eigenvalue weighted by Crippen LogP contribution is 2.19. The predicted molar refractivity (Wildman–Crippen MR) is 103 cm³/mol. The minimum Gasteiger partial charge on any atom is -0.352 e. The van der Waals surface area contributed by atoms with Crippen molar-refractivity contribution >= 4 is 42.3 Å². The van der Waals surface area contributed by atoms with Gasteiger partial charge in [-0.3, -0.25) is 15.0 Å². The molecule has 1 atom stereocenters. The first-order valence-corrected chi connectivity index (χ1v) is 8.26. The number of carbonyl (C=O) groups excluding carboxylic acids is 1. The van der Waals surface area contributed by atoms with Crippen molar-refractivity contribution in [2.75, 3.05) is 19.6 Å². The van der Waals surface area contributed by atoms with E-state index in [1.165, 1.54) is 5.56 Å². The van der Waals surface area contributed by atoms with Crippen LogP contribution >= 0.6 is 36.4 Å². The largest absolute Gasteiger partial charge is 0.352 e. The number of carbonyl (C=O) groups is 1. The lowest BCUT2D eigenvalue weighted by Crippen LogP contribution is -2.49. The quantitative estimate of drug-likeness (QED) is 0.775. The average Bonchev–Trinajstić information content (AvgIpc) is 3.06. The van der Waals surface area contributed by atoms with Crippen LogP contribution in [0.25, 0.3) is 0 Å². The van der Waals surface area contributed by atoms with Crippen LogP contribution in [0.1, 0.15) is 18.4 Å². The van der Waals surface area contributed by atoms with Gasteiger partial charge in [0, 0.05) is 37.2 Å². The van der Waals surface area contributed by atoms with Crippen LogP contribution in [0.3, 0.4) is 0 Å². The minimum atomic E-state index is -0.152. The van der Waals surface area contributed by atoms with Crippen molar-refractivity contribution in [1.82, 2.24) is 15.5 Å². The number of amides is 1.